The summed E-state index contributed by atoms with van der Waals surface area (Å²) in [5.41, 5.74) is 7.17. The van der Waals surface area contributed by atoms with E-state index in [1.807, 2.05) is 40.1 Å². The first kappa shape index (κ1) is 21.7. The molecule has 2 aliphatic heterocycles. The number of carbonyl (C=O) groups excluding carboxylic acids is 2. The summed E-state index contributed by atoms with van der Waals surface area (Å²) < 4.78 is 0. The first-order valence-electron chi connectivity index (χ1n) is 9.91. The molecule has 2 atom stereocenters. The number of hydrogen-bond acceptors (Lipinski definition) is 3. The van der Waals surface area contributed by atoms with Crippen molar-refractivity contribution >= 4 is 24.2 Å². The molecule has 0 saturated carbocycles. The van der Waals surface area contributed by atoms with Gasteiger partial charge in [-0.3, -0.25) is 9.59 Å². The number of piperidine rings is 2. The lowest BCUT2D eigenvalue weighted by Crippen LogP contribution is -2.47. The second-order valence-electron chi connectivity index (χ2n) is 7.91. The molecular weight excluding hydrogens is 362 g/mol. The molecule has 0 aliphatic carbocycles. The zero-order valence-corrected chi connectivity index (χ0v) is 17.0. The van der Waals surface area contributed by atoms with Crippen LogP contribution in [0.5, 0.6) is 0 Å². The lowest BCUT2D eigenvalue weighted by Gasteiger charge is -2.37. The number of rotatable bonds is 4. The van der Waals surface area contributed by atoms with Crippen LogP contribution in [0.2, 0.25) is 0 Å². The Morgan fingerprint density at radius 2 is 1.74 bits per heavy atom. The van der Waals surface area contributed by atoms with E-state index < -0.39 is 0 Å². The van der Waals surface area contributed by atoms with Crippen LogP contribution in [-0.4, -0.2) is 47.8 Å². The molecule has 27 heavy (non-hydrogen) atoms. The molecule has 150 valence electrons. The molecule has 6 heteroatoms. The van der Waals surface area contributed by atoms with Gasteiger partial charge in [-0.2, -0.15) is 0 Å². The van der Waals surface area contributed by atoms with Crippen LogP contribution >= 0.6 is 12.4 Å². The van der Waals surface area contributed by atoms with E-state index in [4.69, 9.17) is 5.73 Å². The number of amides is 2. The Balaban J connectivity index is 0.00000261. The summed E-state index contributed by atoms with van der Waals surface area (Å²) >= 11 is 0. The number of carbonyl (C=O) groups is 2. The first-order valence-corrected chi connectivity index (χ1v) is 9.91. The summed E-state index contributed by atoms with van der Waals surface area (Å²) in [5.74, 6) is 1.07. The van der Waals surface area contributed by atoms with Gasteiger partial charge in [0.05, 0.1) is 0 Å². The first-order chi connectivity index (χ1) is 12.5. The summed E-state index contributed by atoms with van der Waals surface area (Å²) in [6.45, 7) is 5.34. The van der Waals surface area contributed by atoms with Crippen LogP contribution in [0.3, 0.4) is 0 Å². The molecule has 3 rings (SSSR count). The summed E-state index contributed by atoms with van der Waals surface area (Å²) in [7, 11) is 0. The molecule has 2 N–H and O–H groups in total. The van der Waals surface area contributed by atoms with Crippen LogP contribution in [-0.2, 0) is 9.59 Å². The standard InChI is InChI=1S/C21H31N3O2.ClH/c1-16-6-5-11-24(15-16)21(26)18-9-12-23(13-10-18)20(25)14-19(22)17-7-3-2-4-8-17;/h2-4,7-8,16,18-19H,5-6,9-15,22H2,1H3;1H. The molecule has 0 spiro atoms. The third-order valence-electron chi connectivity index (χ3n) is 5.79. The van der Waals surface area contributed by atoms with Gasteiger partial charge in [0.1, 0.15) is 0 Å². The molecule has 2 amide bonds. The van der Waals surface area contributed by atoms with Gasteiger partial charge in [-0.15, -0.1) is 12.4 Å². The third kappa shape index (κ3) is 5.69. The summed E-state index contributed by atoms with van der Waals surface area (Å²) in [4.78, 5) is 29.2. The number of benzene rings is 1. The maximum atomic E-state index is 12.7. The molecule has 2 saturated heterocycles. The van der Waals surface area contributed by atoms with E-state index in [-0.39, 0.29) is 30.3 Å². The summed E-state index contributed by atoms with van der Waals surface area (Å²) in [6, 6.07) is 9.49. The Hall–Kier alpha value is -1.59. The molecule has 2 fully saturated rings. The predicted octanol–water partition coefficient (Wildman–Crippen LogP) is 3.00. The molecule has 2 aliphatic rings. The number of halogens is 1. The van der Waals surface area contributed by atoms with Gasteiger partial charge in [0.15, 0.2) is 0 Å². The van der Waals surface area contributed by atoms with Crippen molar-refractivity contribution in [2.24, 2.45) is 17.6 Å². The van der Waals surface area contributed by atoms with Crippen molar-refractivity contribution in [3.05, 3.63) is 35.9 Å². The number of nitrogens with zero attached hydrogens (tertiary/aromatic N) is 2. The molecular formula is C21H32ClN3O2. The average molecular weight is 394 g/mol. The Morgan fingerprint density at radius 3 is 2.37 bits per heavy atom. The van der Waals surface area contributed by atoms with Gasteiger partial charge in [-0.05, 0) is 37.2 Å². The van der Waals surface area contributed by atoms with E-state index in [0.717, 1.165) is 37.9 Å². The van der Waals surface area contributed by atoms with Crippen LogP contribution in [0.15, 0.2) is 30.3 Å². The van der Waals surface area contributed by atoms with Gasteiger partial charge in [0, 0.05) is 44.6 Å². The van der Waals surface area contributed by atoms with Gasteiger partial charge in [0.25, 0.3) is 0 Å². The minimum Gasteiger partial charge on any atom is -0.343 e. The number of likely N-dealkylation sites (tertiary alicyclic amines) is 2. The second kappa shape index (κ2) is 10.1. The molecule has 0 aromatic heterocycles. The maximum Gasteiger partial charge on any atom is 0.225 e. The molecule has 0 bridgehead atoms. The molecule has 1 aromatic rings. The van der Waals surface area contributed by atoms with Crippen LogP contribution in [0.4, 0.5) is 0 Å². The minimum atomic E-state index is -0.266. The fourth-order valence-electron chi connectivity index (χ4n) is 4.16. The molecule has 1 aromatic carbocycles. The predicted molar refractivity (Wildman–Crippen MR) is 110 cm³/mol. The summed E-state index contributed by atoms with van der Waals surface area (Å²) in [5, 5.41) is 0. The fourth-order valence-corrected chi connectivity index (χ4v) is 4.16. The smallest absolute Gasteiger partial charge is 0.225 e. The molecule has 5 nitrogen and oxygen atoms in total. The highest BCUT2D eigenvalue weighted by molar-refractivity contribution is 5.85. The van der Waals surface area contributed by atoms with Crippen molar-refractivity contribution in [3.63, 3.8) is 0 Å². The number of nitrogens with two attached hydrogens (primary N) is 1. The zero-order valence-electron chi connectivity index (χ0n) is 16.2. The van der Waals surface area contributed by atoms with E-state index in [1.165, 1.54) is 6.42 Å². The van der Waals surface area contributed by atoms with Crippen molar-refractivity contribution in [1.82, 2.24) is 9.80 Å². The van der Waals surface area contributed by atoms with Crippen LogP contribution in [0.25, 0.3) is 0 Å². The highest BCUT2D eigenvalue weighted by Gasteiger charge is 2.32. The van der Waals surface area contributed by atoms with E-state index in [2.05, 4.69) is 6.92 Å². The highest BCUT2D eigenvalue weighted by atomic mass is 35.5. The fraction of sp³-hybridized carbons (Fsp3) is 0.619. The zero-order chi connectivity index (χ0) is 18.5. The Labute approximate surface area is 168 Å². The van der Waals surface area contributed by atoms with E-state index in [1.54, 1.807) is 0 Å². The van der Waals surface area contributed by atoms with Gasteiger partial charge in [-0.1, -0.05) is 37.3 Å². The molecule has 0 radical (unpaired) electrons. The quantitative estimate of drug-likeness (QED) is 0.855. The van der Waals surface area contributed by atoms with Crippen molar-refractivity contribution in [2.45, 2.75) is 45.1 Å². The van der Waals surface area contributed by atoms with Crippen molar-refractivity contribution in [1.29, 1.82) is 0 Å². The Bertz CT molecular complexity index is 617. The third-order valence-corrected chi connectivity index (χ3v) is 5.79. The lowest BCUT2D eigenvalue weighted by molar-refractivity contribution is -0.142. The minimum absolute atomic E-state index is 0. The van der Waals surface area contributed by atoms with Gasteiger partial charge in [-0.25, -0.2) is 0 Å². The van der Waals surface area contributed by atoms with Crippen molar-refractivity contribution in [2.75, 3.05) is 26.2 Å². The lowest BCUT2D eigenvalue weighted by atomic mass is 9.92. The molecule has 2 unspecified atom stereocenters. The maximum absolute atomic E-state index is 12.7. The van der Waals surface area contributed by atoms with Gasteiger partial charge >= 0.3 is 0 Å². The Kier molecular flexibility index (Phi) is 8.11. The van der Waals surface area contributed by atoms with E-state index in [0.29, 0.717) is 31.3 Å². The normalized spacial score (nSPS) is 22.1. The van der Waals surface area contributed by atoms with Crippen LogP contribution < -0.4 is 5.73 Å². The van der Waals surface area contributed by atoms with Crippen molar-refractivity contribution in [3.8, 4) is 0 Å². The second-order valence-corrected chi connectivity index (χ2v) is 7.91. The monoisotopic (exact) mass is 393 g/mol. The van der Waals surface area contributed by atoms with E-state index in [9.17, 15) is 9.59 Å². The topological polar surface area (TPSA) is 66.6 Å². The highest BCUT2D eigenvalue weighted by Crippen LogP contribution is 2.24. The summed E-state index contributed by atoms with van der Waals surface area (Å²) in [6.07, 6.45) is 4.21. The van der Waals surface area contributed by atoms with Crippen molar-refractivity contribution < 1.29 is 9.59 Å². The van der Waals surface area contributed by atoms with Gasteiger partial charge in [0.2, 0.25) is 11.8 Å². The number of hydrogen-bond donors (Lipinski definition) is 1. The Morgan fingerprint density at radius 1 is 1.07 bits per heavy atom. The average Bonchev–Trinajstić information content (AvgIpc) is 2.68. The van der Waals surface area contributed by atoms with Gasteiger partial charge < -0.3 is 15.5 Å². The van der Waals surface area contributed by atoms with Crippen LogP contribution in [0.1, 0.15) is 50.6 Å². The molecule has 2 heterocycles. The van der Waals surface area contributed by atoms with E-state index >= 15 is 0 Å². The largest absolute Gasteiger partial charge is 0.343 e. The van der Waals surface area contributed by atoms with Crippen LogP contribution in [0, 0.1) is 11.8 Å². The SMILES string of the molecule is CC1CCCN(C(=O)C2CCN(C(=O)CC(N)c3ccccc3)CC2)C1.Cl.